The largest absolute Gasteiger partial charge is 0.0828 e. The highest BCUT2D eigenvalue weighted by Crippen LogP contribution is 2.17. The molecule has 2 atom stereocenters. The van der Waals surface area contributed by atoms with Gasteiger partial charge < -0.3 is 0 Å². The second-order valence-electron chi connectivity index (χ2n) is 4.09. The minimum Gasteiger partial charge on any atom is -0.0828 e. The number of hydrogen-bond donors (Lipinski definition) is 0. The number of rotatable bonds is 5. The van der Waals surface area contributed by atoms with E-state index in [1.165, 1.54) is 24.8 Å². The lowest BCUT2D eigenvalue weighted by Crippen LogP contribution is -1.99. The summed E-state index contributed by atoms with van der Waals surface area (Å²) in [6.07, 6.45) is 6.27. The van der Waals surface area contributed by atoms with Crippen molar-refractivity contribution in [3.8, 4) is 0 Å². The normalized spacial score (nSPS) is 17.6. The summed E-state index contributed by atoms with van der Waals surface area (Å²) in [7, 11) is 0. The first-order chi connectivity index (χ1) is 5.60. The van der Waals surface area contributed by atoms with Gasteiger partial charge in [0.25, 0.3) is 0 Å². The second kappa shape index (κ2) is 6.28. The minimum atomic E-state index is 0.764. The molecule has 0 aromatic carbocycles. The first-order valence-corrected chi connectivity index (χ1v) is 5.27. The topological polar surface area (TPSA) is 0 Å². The van der Waals surface area contributed by atoms with Gasteiger partial charge in [0.15, 0.2) is 0 Å². The Balaban J connectivity index is 3.80. The zero-order valence-electron chi connectivity index (χ0n) is 9.35. The lowest BCUT2D eigenvalue weighted by Gasteiger charge is -2.12. The Morgan fingerprint density at radius 2 is 1.83 bits per heavy atom. The van der Waals surface area contributed by atoms with Crippen molar-refractivity contribution in [1.82, 2.24) is 0 Å². The summed E-state index contributed by atoms with van der Waals surface area (Å²) >= 11 is 0. The van der Waals surface area contributed by atoms with Gasteiger partial charge in [0.1, 0.15) is 0 Å². The standard InChI is InChI=1S/C12H24/c1-6-10(3)8-12(5)9-11(4)7-2/h8,11-12H,6-7,9H2,1-5H3. The molecular weight excluding hydrogens is 144 g/mol. The molecule has 0 aromatic rings. The molecule has 0 heterocycles. The molecule has 2 unspecified atom stereocenters. The molecule has 0 aliphatic rings. The third-order valence-corrected chi connectivity index (χ3v) is 2.60. The van der Waals surface area contributed by atoms with Crippen molar-refractivity contribution in [2.45, 2.75) is 53.9 Å². The van der Waals surface area contributed by atoms with E-state index in [-0.39, 0.29) is 0 Å². The fourth-order valence-corrected chi connectivity index (χ4v) is 1.47. The lowest BCUT2D eigenvalue weighted by atomic mass is 9.93. The summed E-state index contributed by atoms with van der Waals surface area (Å²) < 4.78 is 0. The molecule has 0 fully saturated rings. The quantitative estimate of drug-likeness (QED) is 0.533. The van der Waals surface area contributed by atoms with Crippen molar-refractivity contribution < 1.29 is 0 Å². The monoisotopic (exact) mass is 168 g/mol. The van der Waals surface area contributed by atoms with Crippen LogP contribution >= 0.6 is 0 Å². The molecule has 0 saturated heterocycles. The molecule has 0 heteroatoms. The first kappa shape index (κ1) is 11.7. The zero-order valence-corrected chi connectivity index (χ0v) is 9.35. The molecule has 0 amide bonds. The van der Waals surface area contributed by atoms with Crippen LogP contribution in [0, 0.1) is 11.8 Å². The van der Waals surface area contributed by atoms with Crippen LogP contribution in [0.5, 0.6) is 0 Å². The van der Waals surface area contributed by atoms with E-state index in [4.69, 9.17) is 0 Å². The Morgan fingerprint density at radius 1 is 1.25 bits per heavy atom. The van der Waals surface area contributed by atoms with Crippen LogP contribution in [0.4, 0.5) is 0 Å². The molecule has 0 aliphatic heterocycles. The minimum absolute atomic E-state index is 0.764. The maximum Gasteiger partial charge on any atom is -0.0257 e. The zero-order chi connectivity index (χ0) is 9.56. The van der Waals surface area contributed by atoms with Crippen LogP contribution in [-0.2, 0) is 0 Å². The molecule has 0 rings (SSSR count). The van der Waals surface area contributed by atoms with Crippen molar-refractivity contribution in [3.63, 3.8) is 0 Å². The Hall–Kier alpha value is -0.260. The molecule has 0 radical (unpaired) electrons. The Labute approximate surface area is 78.1 Å². The van der Waals surface area contributed by atoms with E-state index in [0.29, 0.717) is 0 Å². The fourth-order valence-electron chi connectivity index (χ4n) is 1.47. The van der Waals surface area contributed by atoms with Gasteiger partial charge in [0.2, 0.25) is 0 Å². The second-order valence-corrected chi connectivity index (χ2v) is 4.09. The number of hydrogen-bond acceptors (Lipinski definition) is 0. The van der Waals surface area contributed by atoms with Crippen LogP contribution in [0.15, 0.2) is 11.6 Å². The Bertz CT molecular complexity index is 133. The third-order valence-electron chi connectivity index (χ3n) is 2.60. The van der Waals surface area contributed by atoms with Gasteiger partial charge in [0, 0.05) is 0 Å². The van der Waals surface area contributed by atoms with Gasteiger partial charge in [0.05, 0.1) is 0 Å². The highest BCUT2D eigenvalue weighted by molar-refractivity contribution is 4.99. The van der Waals surface area contributed by atoms with Crippen LogP contribution in [-0.4, -0.2) is 0 Å². The van der Waals surface area contributed by atoms with E-state index in [1.807, 2.05) is 0 Å². The van der Waals surface area contributed by atoms with Crippen molar-refractivity contribution in [3.05, 3.63) is 11.6 Å². The average Bonchev–Trinajstić information content (AvgIpc) is 2.03. The molecule has 0 aliphatic carbocycles. The highest BCUT2D eigenvalue weighted by Gasteiger charge is 2.04. The van der Waals surface area contributed by atoms with Crippen LogP contribution < -0.4 is 0 Å². The predicted molar refractivity (Wildman–Crippen MR) is 57.3 cm³/mol. The maximum atomic E-state index is 2.42. The van der Waals surface area contributed by atoms with E-state index in [0.717, 1.165) is 11.8 Å². The van der Waals surface area contributed by atoms with Gasteiger partial charge in [-0.2, -0.15) is 0 Å². The van der Waals surface area contributed by atoms with Gasteiger partial charge in [-0.1, -0.05) is 45.8 Å². The van der Waals surface area contributed by atoms with Crippen molar-refractivity contribution >= 4 is 0 Å². The maximum absolute atomic E-state index is 2.42. The Kier molecular flexibility index (Phi) is 6.14. The Morgan fingerprint density at radius 3 is 2.25 bits per heavy atom. The van der Waals surface area contributed by atoms with E-state index in [9.17, 15) is 0 Å². The third kappa shape index (κ3) is 5.40. The summed E-state index contributed by atoms with van der Waals surface area (Å²) in [6.45, 7) is 11.4. The highest BCUT2D eigenvalue weighted by atomic mass is 14.1. The van der Waals surface area contributed by atoms with Crippen LogP contribution in [0.25, 0.3) is 0 Å². The lowest BCUT2D eigenvalue weighted by molar-refractivity contribution is 0.453. The van der Waals surface area contributed by atoms with Crippen LogP contribution in [0.3, 0.4) is 0 Å². The van der Waals surface area contributed by atoms with E-state index >= 15 is 0 Å². The van der Waals surface area contributed by atoms with Gasteiger partial charge in [-0.25, -0.2) is 0 Å². The molecule has 0 nitrogen and oxygen atoms in total. The van der Waals surface area contributed by atoms with E-state index < -0.39 is 0 Å². The SMILES string of the molecule is CCC(C)=CC(C)CC(C)CC. The van der Waals surface area contributed by atoms with Crippen molar-refractivity contribution in [2.75, 3.05) is 0 Å². The number of allylic oxidation sites excluding steroid dienone is 2. The fraction of sp³-hybridized carbons (Fsp3) is 0.833. The average molecular weight is 168 g/mol. The summed E-state index contributed by atoms with van der Waals surface area (Å²) in [5.74, 6) is 1.64. The van der Waals surface area contributed by atoms with Gasteiger partial charge in [-0.05, 0) is 31.6 Å². The van der Waals surface area contributed by atoms with E-state index in [1.54, 1.807) is 0 Å². The van der Waals surface area contributed by atoms with Crippen molar-refractivity contribution in [1.29, 1.82) is 0 Å². The van der Waals surface area contributed by atoms with Crippen LogP contribution in [0.1, 0.15) is 53.9 Å². The van der Waals surface area contributed by atoms with E-state index in [2.05, 4.69) is 40.7 Å². The molecular formula is C12H24. The molecule has 0 N–H and O–H groups in total. The summed E-state index contributed by atoms with van der Waals surface area (Å²) in [5, 5.41) is 0. The summed E-state index contributed by atoms with van der Waals surface area (Å²) in [5.41, 5.74) is 1.53. The smallest absolute Gasteiger partial charge is 0.0257 e. The van der Waals surface area contributed by atoms with Crippen LogP contribution in [0.2, 0.25) is 0 Å². The molecule has 12 heavy (non-hydrogen) atoms. The molecule has 0 aromatic heterocycles. The summed E-state index contributed by atoms with van der Waals surface area (Å²) in [4.78, 5) is 0. The van der Waals surface area contributed by atoms with Gasteiger partial charge in [-0.15, -0.1) is 0 Å². The molecule has 72 valence electrons. The summed E-state index contributed by atoms with van der Waals surface area (Å²) in [6, 6.07) is 0. The molecule has 0 bridgehead atoms. The predicted octanol–water partition coefficient (Wildman–Crippen LogP) is 4.42. The molecule has 0 spiro atoms. The molecule has 0 saturated carbocycles. The first-order valence-electron chi connectivity index (χ1n) is 5.27. The van der Waals surface area contributed by atoms with Crippen molar-refractivity contribution in [2.24, 2.45) is 11.8 Å². The van der Waals surface area contributed by atoms with Gasteiger partial charge in [-0.3, -0.25) is 0 Å². The van der Waals surface area contributed by atoms with Gasteiger partial charge >= 0.3 is 0 Å².